The van der Waals surface area contributed by atoms with Crippen LogP contribution in [0.5, 0.6) is 5.75 Å². The number of nitrogens with two attached hydrogens (primary N) is 2. The van der Waals surface area contributed by atoms with Crippen molar-refractivity contribution in [3.63, 3.8) is 0 Å². The van der Waals surface area contributed by atoms with Crippen LogP contribution in [0, 0.1) is 0 Å². The number of phenols is 1. The topological polar surface area (TPSA) is 106 Å². The number of aromatic hydroxyl groups is 1. The summed E-state index contributed by atoms with van der Waals surface area (Å²) in [5, 5.41) is 9.77. The minimum atomic E-state index is -0.422. The maximum atomic E-state index is 12.4. The molecule has 5 N–H and O–H groups in total. The number of ketones is 2. The maximum Gasteiger partial charge on any atom is 0.198 e. The molecular weight excluding hydrogens is 244 g/mol. The smallest absolute Gasteiger partial charge is 0.198 e. The van der Waals surface area contributed by atoms with Gasteiger partial charge in [-0.25, -0.2) is 0 Å². The molecule has 19 heavy (non-hydrogen) atoms. The van der Waals surface area contributed by atoms with E-state index in [4.69, 9.17) is 11.5 Å². The van der Waals surface area contributed by atoms with Gasteiger partial charge in [0.2, 0.25) is 0 Å². The predicted octanol–water partition coefficient (Wildman–Crippen LogP) is 1.33. The van der Waals surface area contributed by atoms with Crippen molar-refractivity contribution in [2.24, 2.45) is 0 Å². The summed E-state index contributed by atoms with van der Waals surface area (Å²) in [7, 11) is 0. The van der Waals surface area contributed by atoms with E-state index in [0.717, 1.165) is 0 Å². The molecule has 0 aliphatic heterocycles. The van der Waals surface area contributed by atoms with Crippen LogP contribution in [0.4, 0.5) is 11.4 Å². The third kappa shape index (κ3) is 1.35. The van der Waals surface area contributed by atoms with Crippen LogP contribution in [0.15, 0.2) is 30.3 Å². The van der Waals surface area contributed by atoms with Gasteiger partial charge in [-0.05, 0) is 18.2 Å². The summed E-state index contributed by atoms with van der Waals surface area (Å²) < 4.78 is 0. The maximum absolute atomic E-state index is 12.4. The predicted molar refractivity (Wildman–Crippen MR) is 70.2 cm³/mol. The Bertz CT molecular complexity index is 751. The van der Waals surface area contributed by atoms with Gasteiger partial charge in [0, 0.05) is 11.1 Å². The van der Waals surface area contributed by atoms with Crippen LogP contribution in [0.25, 0.3) is 0 Å². The quantitative estimate of drug-likeness (QED) is 0.525. The number of carbonyl (C=O) groups excluding carboxylic acids is 2. The molecule has 0 bridgehead atoms. The molecule has 5 heteroatoms. The van der Waals surface area contributed by atoms with Crippen LogP contribution in [0.1, 0.15) is 31.8 Å². The van der Waals surface area contributed by atoms with Crippen molar-refractivity contribution in [3.8, 4) is 5.75 Å². The Labute approximate surface area is 108 Å². The number of hydrogen-bond donors (Lipinski definition) is 3. The molecule has 1 aliphatic rings. The molecule has 0 radical (unpaired) electrons. The molecule has 2 aromatic carbocycles. The average Bonchev–Trinajstić information content (AvgIpc) is 2.39. The number of phenolic OH excluding ortho intramolecular Hbond substituents is 1. The zero-order valence-corrected chi connectivity index (χ0v) is 9.81. The van der Waals surface area contributed by atoms with Gasteiger partial charge in [0.25, 0.3) is 0 Å². The Morgan fingerprint density at radius 2 is 1.47 bits per heavy atom. The second-order valence-corrected chi connectivity index (χ2v) is 4.35. The normalized spacial score (nSPS) is 13.1. The highest BCUT2D eigenvalue weighted by atomic mass is 16.3. The standard InChI is InChI=1S/C14H10N2O3/c15-8-5-4-7-11(12(8)16)14(19)6-2-1-3-9(17)10(6)13(7)18/h1-5,17H,15-16H2. The summed E-state index contributed by atoms with van der Waals surface area (Å²) in [5.41, 5.74) is 12.3. The van der Waals surface area contributed by atoms with Crippen molar-refractivity contribution in [2.75, 3.05) is 11.5 Å². The van der Waals surface area contributed by atoms with Gasteiger partial charge in [-0.2, -0.15) is 0 Å². The Hall–Kier alpha value is -2.82. The van der Waals surface area contributed by atoms with Crippen molar-refractivity contribution >= 4 is 22.9 Å². The zero-order chi connectivity index (χ0) is 13.7. The van der Waals surface area contributed by atoms with Gasteiger partial charge in [0.05, 0.1) is 22.5 Å². The van der Waals surface area contributed by atoms with Gasteiger partial charge in [-0.1, -0.05) is 12.1 Å². The molecule has 0 fully saturated rings. The van der Waals surface area contributed by atoms with Crippen molar-refractivity contribution in [1.29, 1.82) is 0 Å². The number of hydrogen-bond acceptors (Lipinski definition) is 5. The fourth-order valence-electron chi connectivity index (χ4n) is 2.31. The minimum Gasteiger partial charge on any atom is -0.507 e. The van der Waals surface area contributed by atoms with Crippen LogP contribution >= 0.6 is 0 Å². The summed E-state index contributed by atoms with van der Waals surface area (Å²) in [6, 6.07) is 7.30. The molecule has 0 unspecified atom stereocenters. The van der Waals surface area contributed by atoms with Crippen LogP contribution < -0.4 is 11.5 Å². The lowest BCUT2D eigenvalue weighted by molar-refractivity contribution is 0.0977. The third-order valence-corrected chi connectivity index (χ3v) is 3.27. The van der Waals surface area contributed by atoms with Gasteiger partial charge in [0.1, 0.15) is 5.75 Å². The molecule has 0 saturated heterocycles. The fraction of sp³-hybridized carbons (Fsp3) is 0. The summed E-state index contributed by atoms with van der Waals surface area (Å²) in [4.78, 5) is 24.7. The van der Waals surface area contributed by atoms with Gasteiger partial charge in [-0.15, -0.1) is 0 Å². The highest BCUT2D eigenvalue weighted by molar-refractivity contribution is 6.31. The third-order valence-electron chi connectivity index (χ3n) is 3.27. The molecule has 1 aliphatic carbocycles. The van der Waals surface area contributed by atoms with E-state index in [1.165, 1.54) is 30.3 Å². The SMILES string of the molecule is Nc1ccc2c(c1N)C(=O)c1cccc(O)c1C2=O. The van der Waals surface area contributed by atoms with Crippen molar-refractivity contribution < 1.29 is 14.7 Å². The highest BCUT2D eigenvalue weighted by Gasteiger charge is 2.33. The van der Waals surface area contributed by atoms with Crippen LogP contribution in [0.2, 0.25) is 0 Å². The van der Waals surface area contributed by atoms with Gasteiger partial charge < -0.3 is 16.6 Å². The molecule has 2 aromatic rings. The van der Waals surface area contributed by atoms with Crippen molar-refractivity contribution in [3.05, 3.63) is 52.6 Å². The first-order chi connectivity index (χ1) is 9.02. The van der Waals surface area contributed by atoms with E-state index in [9.17, 15) is 14.7 Å². The van der Waals surface area contributed by atoms with E-state index in [2.05, 4.69) is 0 Å². The van der Waals surface area contributed by atoms with Crippen LogP contribution in [-0.2, 0) is 0 Å². The van der Waals surface area contributed by atoms with Gasteiger partial charge in [0.15, 0.2) is 11.6 Å². The van der Waals surface area contributed by atoms with E-state index in [1.54, 1.807) is 0 Å². The van der Waals surface area contributed by atoms with Crippen molar-refractivity contribution in [1.82, 2.24) is 0 Å². The number of anilines is 2. The molecule has 94 valence electrons. The molecule has 3 rings (SSSR count). The Morgan fingerprint density at radius 1 is 0.842 bits per heavy atom. The molecular formula is C14H10N2O3. The Balaban J connectivity index is 2.40. The number of benzene rings is 2. The zero-order valence-electron chi connectivity index (χ0n) is 9.81. The Kier molecular flexibility index (Phi) is 2.13. The molecule has 0 atom stereocenters. The molecule has 0 saturated carbocycles. The first-order valence-corrected chi connectivity index (χ1v) is 5.61. The summed E-state index contributed by atoms with van der Waals surface area (Å²) in [6.45, 7) is 0. The largest absolute Gasteiger partial charge is 0.507 e. The first kappa shape index (κ1) is 11.3. The molecule has 0 heterocycles. The lowest BCUT2D eigenvalue weighted by atomic mass is 9.82. The lowest BCUT2D eigenvalue weighted by Gasteiger charge is -2.20. The van der Waals surface area contributed by atoms with Crippen LogP contribution in [-0.4, -0.2) is 16.7 Å². The van der Waals surface area contributed by atoms with Gasteiger partial charge in [-0.3, -0.25) is 9.59 Å². The number of fused-ring (bicyclic) bond motifs is 2. The molecule has 0 aromatic heterocycles. The van der Waals surface area contributed by atoms with E-state index < -0.39 is 11.6 Å². The van der Waals surface area contributed by atoms with E-state index in [0.29, 0.717) is 0 Å². The number of nitrogen functional groups attached to an aromatic ring is 2. The van der Waals surface area contributed by atoms with E-state index >= 15 is 0 Å². The summed E-state index contributed by atoms with van der Waals surface area (Å²) >= 11 is 0. The lowest BCUT2D eigenvalue weighted by Crippen LogP contribution is -2.23. The van der Waals surface area contributed by atoms with Gasteiger partial charge >= 0.3 is 0 Å². The summed E-state index contributed by atoms with van der Waals surface area (Å²) in [6.07, 6.45) is 0. The molecule has 0 spiro atoms. The number of rotatable bonds is 0. The molecule has 0 amide bonds. The monoisotopic (exact) mass is 254 g/mol. The summed E-state index contributed by atoms with van der Waals surface area (Å²) in [5.74, 6) is -1.03. The number of carbonyl (C=O) groups is 2. The van der Waals surface area contributed by atoms with Crippen LogP contribution in [0.3, 0.4) is 0 Å². The second kappa shape index (κ2) is 3.58. The minimum absolute atomic E-state index is 0.0178. The second-order valence-electron chi connectivity index (χ2n) is 4.35. The van der Waals surface area contributed by atoms with E-state index in [1.807, 2.05) is 0 Å². The highest BCUT2D eigenvalue weighted by Crippen LogP contribution is 2.36. The molecule has 5 nitrogen and oxygen atoms in total. The first-order valence-electron chi connectivity index (χ1n) is 5.61. The van der Waals surface area contributed by atoms with E-state index in [-0.39, 0.29) is 39.4 Å². The fourth-order valence-corrected chi connectivity index (χ4v) is 2.31. The Morgan fingerprint density at radius 3 is 2.21 bits per heavy atom. The van der Waals surface area contributed by atoms with Crippen molar-refractivity contribution in [2.45, 2.75) is 0 Å². The average molecular weight is 254 g/mol.